The molecule has 0 amide bonds. The largest absolute Gasteiger partial charge is 0.349 e. The van der Waals surface area contributed by atoms with Crippen molar-refractivity contribution in [1.82, 2.24) is 4.57 Å². The molecule has 1 fully saturated rings. The first kappa shape index (κ1) is 11.5. The highest BCUT2D eigenvalue weighted by Gasteiger charge is 2.30. The van der Waals surface area contributed by atoms with E-state index in [-0.39, 0.29) is 5.92 Å². The quantitative estimate of drug-likeness (QED) is 0.766. The van der Waals surface area contributed by atoms with Gasteiger partial charge in [0.2, 0.25) is 0 Å². The monoisotopic (exact) mass is 259 g/mol. The van der Waals surface area contributed by atoms with Gasteiger partial charge in [0.25, 0.3) is 0 Å². The predicted molar refractivity (Wildman–Crippen MR) is 72.0 cm³/mol. The van der Waals surface area contributed by atoms with Gasteiger partial charge >= 0.3 is 0 Å². The molecule has 2 aromatic rings. The summed E-state index contributed by atoms with van der Waals surface area (Å²) in [6.07, 6.45) is 6.02. The average Bonchev–Trinajstić information content (AvgIpc) is 3.12. The van der Waals surface area contributed by atoms with E-state index < -0.39 is 0 Å². The zero-order valence-corrected chi connectivity index (χ0v) is 10.7. The van der Waals surface area contributed by atoms with Gasteiger partial charge in [-0.3, -0.25) is 4.79 Å². The van der Waals surface area contributed by atoms with Crippen LogP contribution in [-0.2, 0) is 6.54 Å². The van der Waals surface area contributed by atoms with Crippen LogP contribution in [0.4, 0.5) is 0 Å². The Morgan fingerprint density at radius 1 is 1.22 bits per heavy atom. The lowest BCUT2D eigenvalue weighted by molar-refractivity contribution is 0.0967. The van der Waals surface area contributed by atoms with E-state index in [1.165, 1.54) is 5.56 Å². The smallest absolute Gasteiger partial charge is 0.167 e. The molecule has 0 radical (unpaired) electrons. The van der Waals surface area contributed by atoms with Crippen LogP contribution in [-0.4, -0.2) is 10.4 Å². The number of hydrogen-bond acceptors (Lipinski definition) is 1. The topological polar surface area (TPSA) is 22.0 Å². The van der Waals surface area contributed by atoms with Gasteiger partial charge in [-0.1, -0.05) is 23.7 Å². The molecular formula is C15H14ClNO. The van der Waals surface area contributed by atoms with Gasteiger partial charge in [0.1, 0.15) is 0 Å². The van der Waals surface area contributed by atoms with Crippen molar-refractivity contribution in [2.24, 2.45) is 5.92 Å². The number of benzene rings is 1. The van der Waals surface area contributed by atoms with Crippen molar-refractivity contribution in [2.75, 3.05) is 0 Å². The maximum Gasteiger partial charge on any atom is 0.167 e. The highest BCUT2D eigenvalue weighted by molar-refractivity contribution is 6.30. The van der Waals surface area contributed by atoms with Crippen LogP contribution in [0.3, 0.4) is 0 Å². The Morgan fingerprint density at radius 2 is 1.94 bits per heavy atom. The molecule has 18 heavy (non-hydrogen) atoms. The molecule has 1 aromatic carbocycles. The summed E-state index contributed by atoms with van der Waals surface area (Å²) < 4.78 is 2.04. The summed E-state index contributed by atoms with van der Waals surface area (Å²) in [5.41, 5.74) is 2.02. The predicted octanol–water partition coefficient (Wildman–Crippen LogP) is 3.78. The standard InChI is InChI=1S/C15H14ClNO/c16-14-5-1-11(2-6-14)9-17-8-7-13(10-17)15(18)12-3-4-12/h1-2,5-8,10,12H,3-4,9H2. The van der Waals surface area contributed by atoms with Crippen molar-refractivity contribution in [3.63, 3.8) is 0 Å². The molecule has 1 aliphatic carbocycles. The number of aromatic nitrogens is 1. The van der Waals surface area contributed by atoms with E-state index in [1.54, 1.807) is 0 Å². The summed E-state index contributed by atoms with van der Waals surface area (Å²) >= 11 is 5.85. The van der Waals surface area contributed by atoms with Crippen LogP contribution in [0.25, 0.3) is 0 Å². The van der Waals surface area contributed by atoms with E-state index in [1.807, 2.05) is 47.3 Å². The minimum absolute atomic E-state index is 0.288. The van der Waals surface area contributed by atoms with Gasteiger partial charge in [-0.25, -0.2) is 0 Å². The number of halogens is 1. The molecule has 0 atom stereocenters. The second-order valence-electron chi connectivity index (χ2n) is 4.84. The summed E-state index contributed by atoms with van der Waals surface area (Å²) in [6, 6.07) is 9.69. The highest BCUT2D eigenvalue weighted by Crippen LogP contribution is 2.32. The van der Waals surface area contributed by atoms with Crippen LogP contribution in [0.2, 0.25) is 5.02 Å². The SMILES string of the molecule is O=C(c1ccn(Cc2ccc(Cl)cc2)c1)C1CC1. The number of hydrogen-bond donors (Lipinski definition) is 0. The molecule has 0 saturated heterocycles. The summed E-state index contributed by atoms with van der Waals surface area (Å²) in [6.45, 7) is 0.773. The van der Waals surface area contributed by atoms with Gasteiger partial charge < -0.3 is 4.57 Å². The summed E-state index contributed by atoms with van der Waals surface area (Å²) in [5.74, 6) is 0.584. The molecule has 92 valence electrons. The molecule has 3 rings (SSSR count). The van der Waals surface area contributed by atoms with Crippen molar-refractivity contribution in [3.8, 4) is 0 Å². The third-order valence-electron chi connectivity index (χ3n) is 3.26. The van der Waals surface area contributed by atoms with Gasteiger partial charge in [-0.05, 0) is 36.6 Å². The molecule has 1 aliphatic rings. The fraction of sp³-hybridized carbons (Fsp3) is 0.267. The molecule has 0 aliphatic heterocycles. The Labute approximate surface area is 111 Å². The van der Waals surface area contributed by atoms with Crippen molar-refractivity contribution in [3.05, 3.63) is 58.9 Å². The summed E-state index contributed by atoms with van der Waals surface area (Å²) in [7, 11) is 0. The molecule has 0 unspecified atom stereocenters. The Balaban J connectivity index is 1.73. The normalized spacial score (nSPS) is 14.7. The second-order valence-corrected chi connectivity index (χ2v) is 5.27. The maximum atomic E-state index is 11.9. The molecule has 1 aromatic heterocycles. The highest BCUT2D eigenvalue weighted by atomic mass is 35.5. The zero-order valence-electron chi connectivity index (χ0n) is 9.97. The first-order valence-electron chi connectivity index (χ1n) is 6.17. The van der Waals surface area contributed by atoms with Crippen LogP contribution in [0.5, 0.6) is 0 Å². The lowest BCUT2D eigenvalue weighted by Crippen LogP contribution is -2.00. The van der Waals surface area contributed by atoms with Crippen molar-refractivity contribution < 1.29 is 4.79 Å². The van der Waals surface area contributed by atoms with Crippen LogP contribution in [0, 0.1) is 5.92 Å². The minimum Gasteiger partial charge on any atom is -0.349 e. The summed E-state index contributed by atoms with van der Waals surface area (Å²) in [4.78, 5) is 11.9. The van der Waals surface area contributed by atoms with Gasteiger partial charge in [0.15, 0.2) is 5.78 Å². The molecule has 3 heteroatoms. The fourth-order valence-electron chi connectivity index (χ4n) is 2.07. The maximum absolute atomic E-state index is 11.9. The lowest BCUT2D eigenvalue weighted by Gasteiger charge is -2.03. The second kappa shape index (κ2) is 4.62. The van der Waals surface area contributed by atoms with Gasteiger partial charge in [0, 0.05) is 35.4 Å². The number of ketones is 1. The third-order valence-corrected chi connectivity index (χ3v) is 3.51. The van der Waals surface area contributed by atoms with E-state index in [9.17, 15) is 4.79 Å². The number of carbonyl (C=O) groups is 1. The first-order chi connectivity index (χ1) is 8.72. The Hall–Kier alpha value is -1.54. The zero-order chi connectivity index (χ0) is 12.5. The number of Topliss-reactive ketones (excluding diaryl/α,β-unsaturated/α-hetero) is 1. The van der Waals surface area contributed by atoms with Gasteiger partial charge in [-0.15, -0.1) is 0 Å². The Bertz CT molecular complexity index is 566. The van der Waals surface area contributed by atoms with E-state index in [0.29, 0.717) is 5.78 Å². The number of rotatable bonds is 4. The van der Waals surface area contributed by atoms with E-state index >= 15 is 0 Å². The molecule has 1 heterocycles. The van der Waals surface area contributed by atoms with E-state index in [4.69, 9.17) is 11.6 Å². The molecule has 1 saturated carbocycles. The van der Waals surface area contributed by atoms with Crippen molar-refractivity contribution in [2.45, 2.75) is 19.4 Å². The van der Waals surface area contributed by atoms with E-state index in [2.05, 4.69) is 0 Å². The van der Waals surface area contributed by atoms with E-state index in [0.717, 1.165) is 30.0 Å². The molecule has 0 bridgehead atoms. The summed E-state index contributed by atoms with van der Waals surface area (Å²) in [5, 5.41) is 0.746. The molecule has 2 nitrogen and oxygen atoms in total. The van der Waals surface area contributed by atoms with Crippen LogP contribution < -0.4 is 0 Å². The fourth-order valence-corrected chi connectivity index (χ4v) is 2.19. The van der Waals surface area contributed by atoms with Crippen molar-refractivity contribution >= 4 is 17.4 Å². The minimum atomic E-state index is 0.288. The average molecular weight is 260 g/mol. The van der Waals surface area contributed by atoms with Crippen LogP contribution in [0.1, 0.15) is 28.8 Å². The first-order valence-corrected chi connectivity index (χ1v) is 6.54. The Morgan fingerprint density at radius 3 is 2.61 bits per heavy atom. The molecular weight excluding hydrogens is 246 g/mol. The Kier molecular flexibility index (Phi) is 2.96. The number of carbonyl (C=O) groups excluding carboxylic acids is 1. The van der Waals surface area contributed by atoms with Gasteiger partial charge in [-0.2, -0.15) is 0 Å². The van der Waals surface area contributed by atoms with Crippen LogP contribution >= 0.6 is 11.6 Å². The molecule has 0 N–H and O–H groups in total. The van der Waals surface area contributed by atoms with Gasteiger partial charge in [0.05, 0.1) is 0 Å². The lowest BCUT2D eigenvalue weighted by atomic mass is 10.1. The molecule has 0 spiro atoms. The number of nitrogens with zero attached hydrogens (tertiary/aromatic N) is 1. The van der Waals surface area contributed by atoms with Crippen LogP contribution in [0.15, 0.2) is 42.7 Å². The van der Waals surface area contributed by atoms with Crippen molar-refractivity contribution in [1.29, 1.82) is 0 Å². The third kappa shape index (κ3) is 2.49.